The molecule has 1 aromatic carbocycles. The van der Waals surface area contributed by atoms with Crippen molar-refractivity contribution in [1.29, 1.82) is 0 Å². The number of carbonyl (C=O) groups excluding carboxylic acids is 3. The monoisotopic (exact) mass is 374 g/mol. The van der Waals surface area contributed by atoms with E-state index in [1.165, 1.54) is 4.90 Å². The maximum absolute atomic E-state index is 13.0. The molecule has 0 bridgehead atoms. The van der Waals surface area contributed by atoms with Gasteiger partial charge in [-0.15, -0.1) is 0 Å². The van der Waals surface area contributed by atoms with Crippen LogP contribution in [0, 0.1) is 0 Å². The van der Waals surface area contributed by atoms with Crippen LogP contribution in [0.3, 0.4) is 0 Å². The highest BCUT2D eigenvalue weighted by molar-refractivity contribution is 5.91. The molecule has 147 valence electrons. The van der Waals surface area contributed by atoms with Crippen molar-refractivity contribution >= 4 is 18.1 Å². The minimum absolute atomic E-state index is 0.249. The second-order valence-corrected chi connectivity index (χ2v) is 6.78. The molecule has 0 aromatic heterocycles. The summed E-state index contributed by atoms with van der Waals surface area (Å²) in [5.41, 5.74) is 12.5. The Kier molecular flexibility index (Phi) is 7.80. The van der Waals surface area contributed by atoms with Crippen LogP contribution in [0.4, 0.5) is 0 Å². The third-order valence-corrected chi connectivity index (χ3v) is 4.70. The highest BCUT2D eigenvalue weighted by Gasteiger charge is 2.34. The molecule has 7 heteroatoms. The van der Waals surface area contributed by atoms with Gasteiger partial charge in [0, 0.05) is 6.54 Å². The van der Waals surface area contributed by atoms with Crippen molar-refractivity contribution in [3.05, 3.63) is 35.9 Å². The average Bonchev–Trinajstić information content (AvgIpc) is 3.09. The van der Waals surface area contributed by atoms with Crippen molar-refractivity contribution in [3.63, 3.8) is 0 Å². The highest BCUT2D eigenvalue weighted by Crippen LogP contribution is 2.18. The molecule has 3 atom stereocenters. The predicted molar refractivity (Wildman–Crippen MR) is 103 cm³/mol. The van der Waals surface area contributed by atoms with Crippen LogP contribution in [0.15, 0.2) is 30.3 Å². The Labute approximate surface area is 161 Å². The molecular formula is C20H29N4O3. The second-order valence-electron chi connectivity index (χ2n) is 6.78. The number of carbonyl (C=O) groups is 2. The number of nitrogens with two attached hydrogens (primary N) is 2. The summed E-state index contributed by atoms with van der Waals surface area (Å²) in [5, 5.41) is 2.73. The molecule has 5 N–H and O–H groups in total. The summed E-state index contributed by atoms with van der Waals surface area (Å²) < 4.78 is 8.16. The average molecular weight is 374 g/mol. The van der Waals surface area contributed by atoms with Crippen LogP contribution in [0.25, 0.3) is 0 Å². The fourth-order valence-electron chi connectivity index (χ4n) is 3.20. The van der Waals surface area contributed by atoms with Crippen molar-refractivity contribution in [3.8, 4) is 0 Å². The Morgan fingerprint density at radius 1 is 1.33 bits per heavy atom. The van der Waals surface area contributed by atoms with Gasteiger partial charge in [-0.3, -0.25) is 14.4 Å². The lowest BCUT2D eigenvalue weighted by Gasteiger charge is -2.27. The van der Waals surface area contributed by atoms with E-state index in [0.717, 1.165) is 5.56 Å². The SMILES string of the molecule is [2H][C@@]1([C]=O)CCCN1C(=O)[C@H](CCCCN)NC(=O)[C@@H](N)Cc1ccccc1. The summed E-state index contributed by atoms with van der Waals surface area (Å²) in [6, 6.07) is 6.08. The number of unbranched alkanes of at least 4 members (excludes halogenated alkanes) is 1. The van der Waals surface area contributed by atoms with Gasteiger partial charge in [0.25, 0.3) is 0 Å². The zero-order chi connectivity index (χ0) is 20.6. The number of benzene rings is 1. The van der Waals surface area contributed by atoms with Crippen molar-refractivity contribution < 1.29 is 15.8 Å². The molecule has 1 aliphatic rings. The van der Waals surface area contributed by atoms with Gasteiger partial charge < -0.3 is 21.7 Å². The van der Waals surface area contributed by atoms with Gasteiger partial charge in [-0.2, -0.15) is 0 Å². The first-order chi connectivity index (χ1) is 13.4. The van der Waals surface area contributed by atoms with E-state index in [1.54, 1.807) is 6.29 Å². The number of hydrogen-bond acceptors (Lipinski definition) is 5. The lowest BCUT2D eigenvalue weighted by molar-refractivity contribution is -0.136. The minimum Gasteiger partial charge on any atom is -0.343 e. The topological polar surface area (TPSA) is 119 Å². The summed E-state index contributed by atoms with van der Waals surface area (Å²) in [5.74, 6) is -0.868. The number of amides is 2. The normalized spacial score (nSPS) is 22.0. The zero-order valence-electron chi connectivity index (χ0n) is 16.5. The molecule has 1 radical (unpaired) electrons. The summed E-state index contributed by atoms with van der Waals surface area (Å²) in [4.78, 5) is 38.0. The van der Waals surface area contributed by atoms with E-state index in [-0.39, 0.29) is 6.42 Å². The minimum atomic E-state index is -1.68. The van der Waals surface area contributed by atoms with Crippen LogP contribution in [0.2, 0.25) is 0 Å². The third kappa shape index (κ3) is 6.15. The quantitative estimate of drug-likeness (QED) is 0.508. The molecule has 1 heterocycles. The number of hydrogen-bond donors (Lipinski definition) is 3. The molecule has 2 rings (SSSR count). The van der Waals surface area contributed by atoms with Gasteiger partial charge in [-0.25, -0.2) is 0 Å². The molecule has 0 saturated carbocycles. The van der Waals surface area contributed by atoms with Crippen LogP contribution in [0.1, 0.15) is 39.0 Å². The first-order valence-electron chi connectivity index (χ1n) is 9.92. The van der Waals surface area contributed by atoms with Gasteiger partial charge in [0.15, 0.2) is 0 Å². The van der Waals surface area contributed by atoms with Crippen LogP contribution >= 0.6 is 0 Å². The molecule has 0 aliphatic carbocycles. The number of nitrogens with one attached hydrogen (secondary N) is 1. The standard InChI is InChI=1S/C20H29N4O3/c21-11-5-4-10-18(20(27)24-12-6-9-16(24)14-25)23-19(26)17(22)13-15-7-2-1-3-8-15/h1-3,7-8,16-18H,4-6,9-13,21-22H2,(H,23,26)/t16-,17-,18-/m0/s1/i16D. The molecule has 2 amide bonds. The number of nitrogens with zero attached hydrogens (tertiary/aromatic N) is 1. The summed E-state index contributed by atoms with van der Waals surface area (Å²) in [7, 11) is 0. The van der Waals surface area contributed by atoms with Crippen LogP contribution in [-0.2, 0) is 20.8 Å². The van der Waals surface area contributed by atoms with Gasteiger partial charge in [0.1, 0.15) is 6.04 Å². The van der Waals surface area contributed by atoms with E-state index in [9.17, 15) is 14.4 Å². The summed E-state index contributed by atoms with van der Waals surface area (Å²) in [6.45, 7) is 0.785. The van der Waals surface area contributed by atoms with E-state index in [2.05, 4.69) is 5.32 Å². The van der Waals surface area contributed by atoms with E-state index in [4.69, 9.17) is 12.8 Å². The lowest BCUT2D eigenvalue weighted by Crippen LogP contribution is -2.54. The van der Waals surface area contributed by atoms with Gasteiger partial charge in [0.2, 0.25) is 18.1 Å². The Morgan fingerprint density at radius 2 is 2.07 bits per heavy atom. The molecular weight excluding hydrogens is 344 g/mol. The van der Waals surface area contributed by atoms with Crippen molar-refractivity contribution in [1.82, 2.24) is 10.2 Å². The van der Waals surface area contributed by atoms with Crippen LogP contribution < -0.4 is 16.8 Å². The Morgan fingerprint density at radius 3 is 2.74 bits per heavy atom. The van der Waals surface area contributed by atoms with Crippen molar-refractivity contribution in [2.45, 2.75) is 56.6 Å². The zero-order valence-corrected chi connectivity index (χ0v) is 15.5. The summed E-state index contributed by atoms with van der Waals surface area (Å²) in [6.07, 6.45) is 4.56. The van der Waals surface area contributed by atoms with Crippen molar-refractivity contribution in [2.75, 3.05) is 13.1 Å². The first-order valence-corrected chi connectivity index (χ1v) is 9.42. The summed E-state index contributed by atoms with van der Waals surface area (Å²) >= 11 is 0. The second kappa shape index (κ2) is 10.8. The highest BCUT2D eigenvalue weighted by atomic mass is 16.2. The van der Waals surface area contributed by atoms with Crippen LogP contribution in [-0.4, -0.2) is 54.2 Å². The van der Waals surface area contributed by atoms with E-state index < -0.39 is 29.9 Å². The molecule has 7 nitrogen and oxygen atoms in total. The maximum atomic E-state index is 13.0. The fraction of sp³-hybridized carbons (Fsp3) is 0.550. The van der Waals surface area contributed by atoms with E-state index in [1.807, 2.05) is 30.3 Å². The van der Waals surface area contributed by atoms with Gasteiger partial charge in [0.05, 0.1) is 13.4 Å². The molecule has 1 aromatic rings. The predicted octanol–water partition coefficient (Wildman–Crippen LogP) is 0.271. The number of rotatable bonds is 10. The molecule has 1 aliphatic heterocycles. The molecule has 0 unspecified atom stereocenters. The first kappa shape index (κ1) is 19.5. The van der Waals surface area contributed by atoms with Gasteiger partial charge in [-0.05, 0) is 50.6 Å². The smallest absolute Gasteiger partial charge is 0.245 e. The van der Waals surface area contributed by atoms with Crippen molar-refractivity contribution in [2.24, 2.45) is 11.5 Å². The Balaban J connectivity index is 2.06. The molecule has 1 saturated heterocycles. The van der Waals surface area contributed by atoms with E-state index >= 15 is 0 Å². The van der Waals surface area contributed by atoms with Crippen LogP contribution in [0.5, 0.6) is 0 Å². The molecule has 0 spiro atoms. The molecule has 1 fully saturated rings. The fourth-order valence-corrected chi connectivity index (χ4v) is 3.20. The Bertz CT molecular complexity index is 673. The van der Waals surface area contributed by atoms with Gasteiger partial charge >= 0.3 is 0 Å². The lowest BCUT2D eigenvalue weighted by atomic mass is 10.0. The Hall–Kier alpha value is -2.25. The number of likely N-dealkylation sites (tertiary alicyclic amines) is 1. The van der Waals surface area contributed by atoms with Gasteiger partial charge in [-0.1, -0.05) is 30.3 Å². The van der Waals surface area contributed by atoms with E-state index in [0.29, 0.717) is 45.2 Å². The third-order valence-electron chi connectivity index (χ3n) is 4.70. The largest absolute Gasteiger partial charge is 0.343 e. The maximum Gasteiger partial charge on any atom is 0.245 e. The molecule has 27 heavy (non-hydrogen) atoms.